The molecule has 0 N–H and O–H groups in total. The quantitative estimate of drug-likeness (QED) is 0.0663. The monoisotopic (exact) mass is 589 g/mol. The number of rotatable bonds is 4. The van der Waals surface area contributed by atoms with E-state index in [0.717, 1.165) is 88.6 Å². The summed E-state index contributed by atoms with van der Waals surface area (Å²) < 4.78 is 54.8. The number of aromatic carboxylic acids is 1. The first kappa shape index (κ1) is 28.6. The molecule has 0 saturated carbocycles. The molecule has 4 aliphatic rings. The zero-order valence-electron chi connectivity index (χ0n) is 23.5. The van der Waals surface area contributed by atoms with E-state index in [4.69, 9.17) is 9.95 Å². The fourth-order valence-electron chi connectivity index (χ4n) is 6.39. The Hall–Kier alpha value is -4.50. The summed E-state index contributed by atoms with van der Waals surface area (Å²) in [5, 5.41) is 16.4. The molecule has 3 heterocycles. The highest BCUT2D eigenvalue weighted by molar-refractivity contribution is 6.08. The van der Waals surface area contributed by atoms with Crippen LogP contribution in [0.2, 0.25) is 0 Å². The van der Waals surface area contributed by atoms with Crippen molar-refractivity contribution in [1.82, 2.24) is 4.58 Å². The fourth-order valence-corrected chi connectivity index (χ4v) is 6.39. The first-order valence-electron chi connectivity index (χ1n) is 14.7. The van der Waals surface area contributed by atoms with E-state index in [-0.39, 0.29) is 16.5 Å². The Morgan fingerprint density at radius 3 is 2.26 bits per heavy atom. The number of carbonyl (C=O) groups is 1. The standard InChI is InChI=1S/C32H30F3N5O3/c33-28-27(32(41)42)26(29(34)31(30(28)35)37-38-36)25-21-11-9-19(39-13-5-1-2-6-14-39)17-23(21)43-24-18-20(10-12-22(24)25)40-15-7-3-4-8-16-40/h9-12,17-18H,1-8,13-16H2. The molecule has 0 aromatic heterocycles. The molecule has 0 amide bonds. The minimum atomic E-state index is -2.11. The number of nitrogens with zero attached hydrogens (tertiary/aromatic N) is 5. The second kappa shape index (κ2) is 12.0. The molecular weight excluding hydrogens is 559 g/mol. The highest BCUT2D eigenvalue weighted by Gasteiger charge is 2.30. The number of carbonyl (C=O) groups excluding carboxylic acids is 1. The maximum atomic E-state index is 16.1. The van der Waals surface area contributed by atoms with Crippen molar-refractivity contribution in [2.24, 2.45) is 5.11 Å². The van der Waals surface area contributed by atoms with Crippen LogP contribution in [0.5, 0.6) is 0 Å². The summed E-state index contributed by atoms with van der Waals surface area (Å²) in [6.45, 7) is 3.42. The van der Waals surface area contributed by atoms with Crippen LogP contribution in [-0.4, -0.2) is 32.1 Å². The fraction of sp³-hybridized carbons (Fsp3) is 0.375. The topological polar surface area (TPSA) is 108 Å². The first-order chi connectivity index (χ1) is 20.9. The van der Waals surface area contributed by atoms with Crippen molar-refractivity contribution in [2.45, 2.75) is 51.4 Å². The summed E-state index contributed by atoms with van der Waals surface area (Å²) in [7, 11) is 0. The van der Waals surface area contributed by atoms with Gasteiger partial charge in [-0.25, -0.2) is 17.7 Å². The number of fused-ring (bicyclic) bond motifs is 2. The second-order valence-corrected chi connectivity index (χ2v) is 11.2. The number of hydrogen-bond donors (Lipinski definition) is 0. The van der Waals surface area contributed by atoms with Gasteiger partial charge in [-0.2, -0.15) is 0 Å². The molecule has 2 saturated heterocycles. The molecule has 3 aliphatic heterocycles. The number of halogens is 3. The first-order valence-corrected chi connectivity index (χ1v) is 14.7. The van der Waals surface area contributed by atoms with E-state index < -0.39 is 40.2 Å². The average Bonchev–Trinajstić information content (AvgIpc) is 3.45. The summed E-state index contributed by atoms with van der Waals surface area (Å²) in [5.74, 6) is -7.07. The van der Waals surface area contributed by atoms with Gasteiger partial charge in [-0.15, -0.1) is 0 Å². The van der Waals surface area contributed by atoms with Crippen molar-refractivity contribution in [3.63, 3.8) is 0 Å². The number of hydrogen-bond acceptors (Lipinski definition) is 5. The van der Waals surface area contributed by atoms with Gasteiger partial charge in [0.05, 0.1) is 12.0 Å². The van der Waals surface area contributed by atoms with Crippen molar-refractivity contribution >= 4 is 28.3 Å². The molecule has 2 fully saturated rings. The van der Waals surface area contributed by atoms with Gasteiger partial charge in [0, 0.05) is 76.3 Å². The third kappa shape index (κ3) is 5.29. The Morgan fingerprint density at radius 1 is 0.884 bits per heavy atom. The van der Waals surface area contributed by atoms with E-state index >= 15 is 8.78 Å². The summed E-state index contributed by atoms with van der Waals surface area (Å²) in [6, 6.07) is 10.6. The number of carboxylic acids is 1. The maximum absolute atomic E-state index is 16.1. The maximum Gasteiger partial charge on any atom is 0.203 e. The van der Waals surface area contributed by atoms with Crippen LogP contribution in [0.3, 0.4) is 0 Å². The number of carboxylic acid groups (broad SMARTS) is 1. The van der Waals surface area contributed by atoms with Crippen molar-refractivity contribution in [3.05, 3.63) is 75.2 Å². The molecule has 222 valence electrons. The molecule has 8 nitrogen and oxygen atoms in total. The van der Waals surface area contributed by atoms with E-state index in [2.05, 4.69) is 19.5 Å². The molecule has 43 heavy (non-hydrogen) atoms. The zero-order valence-corrected chi connectivity index (χ0v) is 23.5. The lowest BCUT2D eigenvalue weighted by Gasteiger charge is -2.24. The zero-order chi connectivity index (χ0) is 30.1. The Bertz CT molecular complexity index is 1810. The third-order valence-electron chi connectivity index (χ3n) is 8.53. The predicted molar refractivity (Wildman–Crippen MR) is 155 cm³/mol. The Labute approximate surface area is 245 Å². The predicted octanol–water partition coefficient (Wildman–Crippen LogP) is 6.65. The third-order valence-corrected chi connectivity index (χ3v) is 8.53. The smallest absolute Gasteiger partial charge is 0.203 e. The van der Waals surface area contributed by atoms with E-state index in [1.807, 2.05) is 24.3 Å². The molecule has 2 aromatic carbocycles. The molecule has 0 radical (unpaired) electrons. The van der Waals surface area contributed by atoms with Crippen molar-refractivity contribution in [2.75, 3.05) is 31.1 Å². The van der Waals surface area contributed by atoms with Gasteiger partial charge in [0.25, 0.3) is 0 Å². The van der Waals surface area contributed by atoms with Crippen LogP contribution in [0.4, 0.5) is 24.5 Å². The van der Waals surface area contributed by atoms with Crippen molar-refractivity contribution in [3.8, 4) is 22.5 Å². The SMILES string of the molecule is [N-]=[N+]=Nc1c(F)c(F)c(C(=O)[O-])c(-c2c3ccc(=[N+]4CCCCCC4)cc-3oc3cc(N4CCCCCC4)ccc23)c1F. The minimum Gasteiger partial charge on any atom is -0.545 e. The molecule has 0 unspecified atom stereocenters. The molecular formula is C32H30F3N5O3. The Morgan fingerprint density at radius 2 is 1.58 bits per heavy atom. The van der Waals surface area contributed by atoms with E-state index in [9.17, 15) is 14.3 Å². The second-order valence-electron chi connectivity index (χ2n) is 11.2. The molecule has 2 aromatic rings. The van der Waals surface area contributed by atoms with Gasteiger partial charge in [-0.3, -0.25) is 0 Å². The van der Waals surface area contributed by atoms with Gasteiger partial charge in [-0.05, 0) is 49.4 Å². The molecule has 11 heteroatoms. The van der Waals surface area contributed by atoms with Gasteiger partial charge < -0.3 is 19.2 Å². The summed E-state index contributed by atoms with van der Waals surface area (Å²) in [4.78, 5) is 16.9. The normalized spacial score (nSPS) is 16.2. The van der Waals surface area contributed by atoms with Gasteiger partial charge in [0.2, 0.25) is 5.36 Å². The van der Waals surface area contributed by atoms with Gasteiger partial charge in [-0.1, -0.05) is 18.0 Å². The lowest BCUT2D eigenvalue weighted by Crippen LogP contribution is -2.30. The van der Waals surface area contributed by atoms with Gasteiger partial charge >= 0.3 is 0 Å². The Balaban J connectivity index is 1.71. The van der Waals surface area contributed by atoms with Gasteiger partial charge in [0.1, 0.15) is 35.9 Å². The number of azide groups is 1. The van der Waals surface area contributed by atoms with Crippen molar-refractivity contribution < 1.29 is 27.5 Å². The molecule has 0 spiro atoms. The van der Waals surface area contributed by atoms with Crippen LogP contribution in [-0.2, 0) is 0 Å². The van der Waals surface area contributed by atoms with Crippen molar-refractivity contribution in [1.29, 1.82) is 0 Å². The van der Waals surface area contributed by atoms with E-state index in [1.54, 1.807) is 12.1 Å². The highest BCUT2D eigenvalue weighted by atomic mass is 19.2. The lowest BCUT2D eigenvalue weighted by atomic mass is 9.89. The molecule has 0 atom stereocenters. The molecule has 1 aliphatic carbocycles. The van der Waals surface area contributed by atoms with Gasteiger partial charge in [0.15, 0.2) is 11.6 Å². The number of benzene rings is 3. The Kier molecular flexibility index (Phi) is 7.99. The molecule has 0 bridgehead atoms. The highest BCUT2D eigenvalue weighted by Crippen LogP contribution is 2.46. The minimum absolute atomic E-state index is 0.0222. The van der Waals surface area contributed by atoms with Crippen LogP contribution >= 0.6 is 0 Å². The summed E-state index contributed by atoms with van der Waals surface area (Å²) in [5.41, 5.74) is 7.08. The van der Waals surface area contributed by atoms with Crippen LogP contribution in [0.1, 0.15) is 61.7 Å². The van der Waals surface area contributed by atoms with Crippen LogP contribution in [0, 0.1) is 17.5 Å². The van der Waals surface area contributed by atoms with Crippen LogP contribution in [0.15, 0.2) is 45.9 Å². The number of anilines is 1. The average molecular weight is 590 g/mol. The van der Waals surface area contributed by atoms with E-state index in [1.165, 1.54) is 0 Å². The van der Waals surface area contributed by atoms with Crippen LogP contribution in [0.25, 0.3) is 43.9 Å². The van der Waals surface area contributed by atoms with Crippen LogP contribution < -0.4 is 19.9 Å². The lowest BCUT2D eigenvalue weighted by molar-refractivity contribution is -0.255. The summed E-state index contributed by atoms with van der Waals surface area (Å²) >= 11 is 0. The summed E-state index contributed by atoms with van der Waals surface area (Å²) in [6.07, 6.45) is 8.69. The van der Waals surface area contributed by atoms with E-state index in [0.29, 0.717) is 11.3 Å². The molecule has 6 rings (SSSR count). The largest absolute Gasteiger partial charge is 0.545 e.